The maximum absolute atomic E-state index is 11.1. The predicted octanol–water partition coefficient (Wildman–Crippen LogP) is 1.29. The van der Waals surface area contributed by atoms with Gasteiger partial charge in [-0.2, -0.15) is 4.21 Å². The summed E-state index contributed by atoms with van der Waals surface area (Å²) in [4.78, 5) is 11.1. The Balaban J connectivity index is 2.86. The number of benzene rings is 1. The molecule has 0 aromatic heterocycles. The molecule has 0 radical (unpaired) electrons. The van der Waals surface area contributed by atoms with Crippen molar-refractivity contribution in [2.24, 2.45) is 0 Å². The molecule has 0 aliphatic heterocycles. The van der Waals surface area contributed by atoms with Gasteiger partial charge in [-0.25, -0.2) is 4.79 Å². The quantitative estimate of drug-likeness (QED) is 0.832. The topological polar surface area (TPSA) is 63.6 Å². The number of aryl methyl sites for hydroxylation is 1. The molecule has 0 saturated carbocycles. The Bertz CT molecular complexity index is 433. The van der Waals surface area contributed by atoms with Crippen molar-refractivity contribution in [3.63, 3.8) is 0 Å². The van der Waals surface area contributed by atoms with Gasteiger partial charge >= 0.3 is 15.0 Å². The third-order valence-corrected chi connectivity index (χ3v) is 2.03. The highest BCUT2D eigenvalue weighted by Gasteiger charge is 2.11. The lowest BCUT2D eigenvalue weighted by Gasteiger charge is -2.01. The first-order valence-electron chi connectivity index (χ1n) is 3.66. The van der Waals surface area contributed by atoms with Gasteiger partial charge in [0.1, 0.15) is 0 Å². The fourth-order valence-electron chi connectivity index (χ4n) is 0.833. The second-order valence-corrected chi connectivity index (χ2v) is 4.95. The SMILES string of the molecule is Cc1ccc(C(=O)OS(=O)(O)=S)cc1. The van der Waals surface area contributed by atoms with Crippen LogP contribution < -0.4 is 0 Å². The molecule has 0 amide bonds. The largest absolute Gasteiger partial charge is 0.353 e. The molecule has 1 aromatic rings. The molecule has 1 atom stereocenters. The maximum Gasteiger partial charge on any atom is 0.353 e. The van der Waals surface area contributed by atoms with E-state index in [0.29, 0.717) is 0 Å². The van der Waals surface area contributed by atoms with Gasteiger partial charge < -0.3 is 4.18 Å². The van der Waals surface area contributed by atoms with E-state index in [1.165, 1.54) is 12.1 Å². The van der Waals surface area contributed by atoms with Gasteiger partial charge in [-0.15, -0.1) is 0 Å². The minimum atomic E-state index is -3.90. The van der Waals surface area contributed by atoms with Crippen molar-refractivity contribution < 1.29 is 17.7 Å². The van der Waals surface area contributed by atoms with Gasteiger partial charge in [0.05, 0.1) is 16.8 Å². The Morgan fingerprint density at radius 2 is 1.93 bits per heavy atom. The van der Waals surface area contributed by atoms with E-state index in [9.17, 15) is 9.00 Å². The molecule has 0 aliphatic rings. The normalized spacial score (nSPS) is 14.4. The van der Waals surface area contributed by atoms with E-state index in [-0.39, 0.29) is 5.56 Å². The fourth-order valence-corrected chi connectivity index (χ4v) is 1.31. The molecule has 1 unspecified atom stereocenters. The van der Waals surface area contributed by atoms with Crippen molar-refractivity contribution in [2.45, 2.75) is 6.92 Å². The Labute approximate surface area is 86.6 Å². The van der Waals surface area contributed by atoms with Crippen LogP contribution in [-0.4, -0.2) is 14.7 Å². The molecule has 1 aromatic carbocycles. The summed E-state index contributed by atoms with van der Waals surface area (Å²) in [6.07, 6.45) is 0. The van der Waals surface area contributed by atoms with Crippen LogP contribution >= 0.6 is 0 Å². The van der Waals surface area contributed by atoms with Crippen molar-refractivity contribution in [1.29, 1.82) is 0 Å². The molecule has 76 valence electrons. The van der Waals surface area contributed by atoms with Gasteiger partial charge in [-0.1, -0.05) is 17.7 Å². The van der Waals surface area contributed by atoms with E-state index in [0.717, 1.165) is 5.56 Å². The van der Waals surface area contributed by atoms with Crippen molar-refractivity contribution in [3.8, 4) is 0 Å². The zero-order chi connectivity index (χ0) is 10.8. The molecule has 14 heavy (non-hydrogen) atoms. The summed E-state index contributed by atoms with van der Waals surface area (Å²) < 4.78 is 23.3. The molecule has 0 spiro atoms. The van der Waals surface area contributed by atoms with Crippen molar-refractivity contribution in [1.82, 2.24) is 0 Å². The second kappa shape index (κ2) is 4.04. The molecule has 6 heteroatoms. The standard InChI is InChI=1S/C8H8O4S2/c1-6-2-4-7(5-3-6)8(9)12-14(10,11)13/h2-5H,1H3,(H,10,11,13). The summed E-state index contributed by atoms with van der Waals surface area (Å²) in [6.45, 7) is 1.86. The molecule has 0 fully saturated rings. The number of carbonyl (C=O) groups excluding carboxylic acids is 1. The first-order valence-corrected chi connectivity index (χ1v) is 6.03. The van der Waals surface area contributed by atoms with Crippen molar-refractivity contribution in [2.75, 3.05) is 0 Å². The van der Waals surface area contributed by atoms with Crippen LogP contribution in [-0.2, 0) is 24.4 Å². The average Bonchev–Trinajstić information content (AvgIpc) is 2.02. The van der Waals surface area contributed by atoms with Crippen molar-refractivity contribution in [3.05, 3.63) is 35.4 Å². The van der Waals surface area contributed by atoms with Gasteiger partial charge in [0, 0.05) is 0 Å². The fraction of sp³-hybridized carbons (Fsp3) is 0.125. The van der Waals surface area contributed by atoms with Crippen LogP contribution in [0.2, 0.25) is 0 Å². The zero-order valence-corrected chi connectivity index (χ0v) is 8.93. The van der Waals surface area contributed by atoms with Gasteiger partial charge in [-0.05, 0) is 19.1 Å². The molecule has 0 bridgehead atoms. The molecular weight excluding hydrogens is 224 g/mol. The summed E-state index contributed by atoms with van der Waals surface area (Å²) in [5, 5.41) is 0. The lowest BCUT2D eigenvalue weighted by Crippen LogP contribution is -2.10. The third-order valence-electron chi connectivity index (χ3n) is 1.47. The van der Waals surface area contributed by atoms with Crippen LogP contribution in [0.3, 0.4) is 0 Å². The highest BCUT2D eigenvalue weighted by atomic mass is 32.9. The molecule has 0 saturated heterocycles. The molecule has 0 heterocycles. The van der Waals surface area contributed by atoms with E-state index in [4.69, 9.17) is 4.55 Å². The van der Waals surface area contributed by atoms with E-state index in [1.54, 1.807) is 12.1 Å². The lowest BCUT2D eigenvalue weighted by molar-refractivity contribution is 0.0742. The molecular formula is C8H8O4S2. The number of hydrogen-bond acceptors (Lipinski definition) is 4. The second-order valence-electron chi connectivity index (χ2n) is 2.66. The van der Waals surface area contributed by atoms with Crippen LogP contribution in [0.15, 0.2) is 24.3 Å². The van der Waals surface area contributed by atoms with Crippen LogP contribution in [0, 0.1) is 6.92 Å². The molecule has 1 N–H and O–H groups in total. The van der Waals surface area contributed by atoms with Gasteiger partial charge in [0.15, 0.2) is 0 Å². The Morgan fingerprint density at radius 1 is 1.43 bits per heavy atom. The highest BCUT2D eigenvalue weighted by Crippen LogP contribution is 2.06. The van der Waals surface area contributed by atoms with Gasteiger partial charge in [0.2, 0.25) is 0 Å². The van der Waals surface area contributed by atoms with Crippen LogP contribution in [0.25, 0.3) is 0 Å². The lowest BCUT2D eigenvalue weighted by atomic mass is 10.2. The molecule has 0 aliphatic carbocycles. The van der Waals surface area contributed by atoms with E-state index in [2.05, 4.69) is 15.4 Å². The number of carbonyl (C=O) groups is 1. The Morgan fingerprint density at radius 3 is 2.36 bits per heavy atom. The maximum atomic E-state index is 11.1. The minimum absolute atomic E-state index is 0.197. The van der Waals surface area contributed by atoms with Crippen LogP contribution in [0.1, 0.15) is 15.9 Å². The average molecular weight is 232 g/mol. The minimum Gasteiger partial charge on any atom is -0.341 e. The van der Waals surface area contributed by atoms with Crippen LogP contribution in [0.4, 0.5) is 0 Å². The number of rotatable bonds is 2. The smallest absolute Gasteiger partial charge is 0.341 e. The predicted molar refractivity (Wildman–Crippen MR) is 54.7 cm³/mol. The molecule has 1 rings (SSSR count). The number of hydrogen-bond donors (Lipinski definition) is 1. The molecule has 4 nitrogen and oxygen atoms in total. The summed E-state index contributed by atoms with van der Waals surface area (Å²) in [6, 6.07) is 6.38. The first kappa shape index (κ1) is 11.1. The Kier molecular flexibility index (Phi) is 3.20. The van der Waals surface area contributed by atoms with E-state index < -0.39 is 15.0 Å². The summed E-state index contributed by atoms with van der Waals surface area (Å²) >= 11 is 4.03. The van der Waals surface area contributed by atoms with Gasteiger partial charge in [-0.3, -0.25) is 4.55 Å². The zero-order valence-electron chi connectivity index (χ0n) is 7.30. The van der Waals surface area contributed by atoms with E-state index in [1.807, 2.05) is 6.92 Å². The monoisotopic (exact) mass is 232 g/mol. The summed E-state index contributed by atoms with van der Waals surface area (Å²) in [7, 11) is -3.90. The summed E-state index contributed by atoms with van der Waals surface area (Å²) in [5.41, 5.74) is 1.17. The summed E-state index contributed by atoms with van der Waals surface area (Å²) in [5.74, 6) is -0.896. The van der Waals surface area contributed by atoms with Crippen LogP contribution in [0.5, 0.6) is 0 Å². The van der Waals surface area contributed by atoms with E-state index >= 15 is 0 Å². The highest BCUT2D eigenvalue weighted by molar-refractivity contribution is 8.27. The third kappa shape index (κ3) is 3.41. The van der Waals surface area contributed by atoms with Crippen molar-refractivity contribution >= 4 is 26.2 Å². The van der Waals surface area contributed by atoms with Gasteiger partial charge in [0.25, 0.3) is 0 Å². The Hall–Kier alpha value is -0.980. The first-order chi connectivity index (χ1) is 6.38.